The zero-order valence-electron chi connectivity index (χ0n) is 36.8. The van der Waals surface area contributed by atoms with Gasteiger partial charge in [-0.2, -0.15) is 0 Å². The fourth-order valence-electron chi connectivity index (χ4n) is 8.90. The van der Waals surface area contributed by atoms with Crippen LogP contribution in [-0.2, 0) is 38.2 Å². The summed E-state index contributed by atoms with van der Waals surface area (Å²) in [6.07, 6.45) is 6.45. The third-order valence-electron chi connectivity index (χ3n) is 12.3. The Bertz CT molecular complexity index is 1710. The highest BCUT2D eigenvalue weighted by Gasteiger charge is 2.51. The SMILES string of the molecule is CCCC(NC(=O)[C@H]1C[C@@H]2CCCC[C@@H]2N1C(=O)[C@@H](NC(=O)[C@@H](NC(=O)[C@H](CNC(=O)OC)NC(=O)OC)C1CCCCC1)C(C)(C)C)C(=O)C(=O)N[C@@H](C)c1ccccc1. The number of benzene rings is 1. The van der Waals surface area contributed by atoms with Crippen LogP contribution in [0, 0.1) is 17.3 Å². The average molecular weight is 854 g/mol. The van der Waals surface area contributed by atoms with Gasteiger partial charge in [0.25, 0.3) is 5.91 Å². The van der Waals surface area contributed by atoms with E-state index < -0.39 is 89.2 Å². The van der Waals surface area contributed by atoms with Gasteiger partial charge < -0.3 is 46.3 Å². The highest BCUT2D eigenvalue weighted by atomic mass is 16.5. The van der Waals surface area contributed by atoms with E-state index in [0.29, 0.717) is 32.1 Å². The summed E-state index contributed by atoms with van der Waals surface area (Å²) in [5.74, 6) is -4.21. The standard InChI is InChI=1S/C44H67N7O10/c1-8-17-30(35(52)40(56)46-26(2)27-18-11-9-12-19-27)47-38(54)33-24-29-22-15-16-23-32(29)51(33)41(57)36(44(3,4)5)50-39(55)34(28-20-13-10-14-21-28)49-37(53)31(48-43(59)61-7)25-45-42(58)60-6/h9,11-12,18-19,26,28-34,36H,8,10,13-17,20-25H2,1-7H3,(H,45,58)(H,46,56)(H,47,54)(H,48,59)(H,49,53)(H,50,55)/t26-,29-,30?,31-,32-,33+,34-,36+/m0/s1. The van der Waals surface area contributed by atoms with Crippen molar-refractivity contribution in [2.24, 2.45) is 17.3 Å². The second-order valence-corrected chi connectivity index (χ2v) is 17.7. The lowest BCUT2D eigenvalue weighted by Gasteiger charge is -2.40. The van der Waals surface area contributed by atoms with E-state index in [9.17, 15) is 33.6 Å². The van der Waals surface area contributed by atoms with Gasteiger partial charge >= 0.3 is 12.2 Å². The van der Waals surface area contributed by atoms with E-state index in [1.807, 2.05) is 58.0 Å². The Morgan fingerprint density at radius 1 is 0.754 bits per heavy atom. The Hall–Kier alpha value is -5.22. The van der Waals surface area contributed by atoms with Crippen LogP contribution in [0.2, 0.25) is 0 Å². The number of amides is 7. The van der Waals surface area contributed by atoms with Crippen molar-refractivity contribution in [2.45, 2.75) is 154 Å². The number of methoxy groups -OCH3 is 2. The van der Waals surface area contributed by atoms with Gasteiger partial charge in [-0.3, -0.25) is 28.8 Å². The fourth-order valence-corrected chi connectivity index (χ4v) is 8.90. The van der Waals surface area contributed by atoms with E-state index >= 15 is 4.79 Å². The molecule has 0 spiro atoms. The number of nitrogens with zero attached hydrogens (tertiary/aromatic N) is 1. The molecule has 2 aliphatic carbocycles. The Balaban J connectivity index is 1.59. The number of carbonyl (C=O) groups excluding carboxylic acids is 8. The number of likely N-dealkylation sites (tertiary alicyclic amines) is 1. The van der Waals surface area contributed by atoms with E-state index in [0.717, 1.165) is 58.3 Å². The molecule has 0 radical (unpaired) electrons. The molecule has 1 saturated heterocycles. The molecule has 61 heavy (non-hydrogen) atoms. The largest absolute Gasteiger partial charge is 0.453 e. The van der Waals surface area contributed by atoms with Crippen LogP contribution >= 0.6 is 0 Å². The molecule has 17 nitrogen and oxygen atoms in total. The Kier molecular flexibility index (Phi) is 17.9. The van der Waals surface area contributed by atoms with Crippen LogP contribution in [0.15, 0.2) is 30.3 Å². The molecule has 3 aliphatic rings. The summed E-state index contributed by atoms with van der Waals surface area (Å²) in [4.78, 5) is 110. The third-order valence-corrected chi connectivity index (χ3v) is 12.3. The van der Waals surface area contributed by atoms with Crippen molar-refractivity contribution in [1.29, 1.82) is 0 Å². The lowest BCUT2D eigenvalue weighted by Crippen LogP contribution is -2.64. The van der Waals surface area contributed by atoms with Crippen molar-refractivity contribution in [1.82, 2.24) is 36.8 Å². The molecule has 1 unspecified atom stereocenters. The van der Waals surface area contributed by atoms with Crippen molar-refractivity contribution in [3.05, 3.63) is 35.9 Å². The lowest BCUT2D eigenvalue weighted by molar-refractivity contribution is -0.147. The maximum absolute atomic E-state index is 15.1. The maximum atomic E-state index is 15.1. The number of carbonyl (C=O) groups is 8. The fraction of sp³-hybridized carbons (Fsp3) is 0.682. The minimum atomic E-state index is -1.33. The topological polar surface area (TPSA) is 230 Å². The van der Waals surface area contributed by atoms with Gasteiger partial charge in [0.05, 0.1) is 32.8 Å². The number of alkyl carbamates (subject to hydrolysis) is 2. The van der Waals surface area contributed by atoms with E-state index in [1.54, 1.807) is 11.8 Å². The predicted molar refractivity (Wildman–Crippen MR) is 225 cm³/mol. The summed E-state index contributed by atoms with van der Waals surface area (Å²) >= 11 is 0. The van der Waals surface area contributed by atoms with Crippen LogP contribution in [0.4, 0.5) is 9.59 Å². The minimum absolute atomic E-state index is 0.0206. The monoisotopic (exact) mass is 853 g/mol. The summed E-state index contributed by atoms with van der Waals surface area (Å²) in [5, 5.41) is 16.2. The van der Waals surface area contributed by atoms with E-state index in [1.165, 1.54) is 0 Å². The number of hydrogen-bond donors (Lipinski definition) is 6. The smallest absolute Gasteiger partial charge is 0.407 e. The van der Waals surface area contributed by atoms with E-state index in [-0.39, 0.29) is 30.8 Å². The number of ether oxygens (including phenoxy) is 2. The van der Waals surface area contributed by atoms with Crippen LogP contribution < -0.4 is 31.9 Å². The molecule has 8 atom stereocenters. The second kappa shape index (κ2) is 22.6. The first-order chi connectivity index (χ1) is 29.0. The number of nitrogens with one attached hydrogen (secondary N) is 6. The van der Waals surface area contributed by atoms with Crippen LogP contribution in [0.3, 0.4) is 0 Å². The predicted octanol–water partition coefficient (Wildman–Crippen LogP) is 3.55. The Morgan fingerprint density at radius 3 is 2.02 bits per heavy atom. The molecule has 0 bridgehead atoms. The van der Waals surface area contributed by atoms with Gasteiger partial charge in [0, 0.05) is 6.04 Å². The number of fused-ring (bicyclic) bond motifs is 1. The molecule has 1 heterocycles. The van der Waals surface area contributed by atoms with Gasteiger partial charge in [0.2, 0.25) is 29.4 Å². The minimum Gasteiger partial charge on any atom is -0.453 e. The molecule has 2 saturated carbocycles. The van der Waals surface area contributed by atoms with Gasteiger partial charge in [0.1, 0.15) is 24.2 Å². The molecule has 1 aliphatic heterocycles. The summed E-state index contributed by atoms with van der Waals surface area (Å²) in [6.45, 7) is 8.70. The summed E-state index contributed by atoms with van der Waals surface area (Å²) in [5.41, 5.74) is -0.0435. The molecular weight excluding hydrogens is 787 g/mol. The van der Waals surface area contributed by atoms with Crippen molar-refractivity contribution in [3.63, 3.8) is 0 Å². The number of hydrogen-bond acceptors (Lipinski definition) is 10. The molecule has 1 aromatic rings. The van der Waals surface area contributed by atoms with Crippen molar-refractivity contribution in [2.75, 3.05) is 20.8 Å². The second-order valence-electron chi connectivity index (χ2n) is 17.7. The first-order valence-corrected chi connectivity index (χ1v) is 21.8. The summed E-state index contributed by atoms with van der Waals surface area (Å²) in [6, 6.07) is 2.85. The third kappa shape index (κ3) is 13.1. The van der Waals surface area contributed by atoms with Crippen LogP contribution in [-0.4, -0.2) is 109 Å². The molecule has 3 fully saturated rings. The van der Waals surface area contributed by atoms with Gasteiger partial charge in [0.15, 0.2) is 0 Å². The molecule has 7 amide bonds. The highest BCUT2D eigenvalue weighted by molar-refractivity contribution is 6.38. The lowest BCUT2D eigenvalue weighted by atomic mass is 9.81. The molecule has 1 aromatic carbocycles. The molecule has 17 heteroatoms. The first-order valence-electron chi connectivity index (χ1n) is 21.8. The highest BCUT2D eigenvalue weighted by Crippen LogP contribution is 2.41. The zero-order valence-corrected chi connectivity index (χ0v) is 36.8. The average Bonchev–Trinajstić information content (AvgIpc) is 3.65. The maximum Gasteiger partial charge on any atom is 0.407 e. The number of ketones is 1. The van der Waals surface area contributed by atoms with Gasteiger partial charge in [-0.1, -0.05) is 96.6 Å². The van der Waals surface area contributed by atoms with Crippen molar-refractivity contribution in [3.8, 4) is 0 Å². The molecule has 338 valence electrons. The number of Topliss-reactive ketones (excluding diaryl/α,β-unsaturated/α-hetero) is 1. The molecule has 4 rings (SSSR count). The Labute approximate surface area is 359 Å². The zero-order chi connectivity index (χ0) is 44.9. The summed E-state index contributed by atoms with van der Waals surface area (Å²) < 4.78 is 9.30. The quantitative estimate of drug-likeness (QED) is 0.125. The molecule has 6 N–H and O–H groups in total. The van der Waals surface area contributed by atoms with Crippen LogP contribution in [0.5, 0.6) is 0 Å². The van der Waals surface area contributed by atoms with Crippen LogP contribution in [0.1, 0.15) is 123 Å². The van der Waals surface area contributed by atoms with Crippen molar-refractivity contribution >= 4 is 47.5 Å². The van der Waals surface area contributed by atoms with Crippen LogP contribution in [0.25, 0.3) is 0 Å². The first kappa shape index (κ1) is 48.4. The molecular formula is C44H67N7O10. The van der Waals surface area contributed by atoms with Gasteiger partial charge in [-0.15, -0.1) is 0 Å². The van der Waals surface area contributed by atoms with Gasteiger partial charge in [-0.25, -0.2) is 9.59 Å². The summed E-state index contributed by atoms with van der Waals surface area (Å²) in [7, 11) is 2.28. The van der Waals surface area contributed by atoms with E-state index in [4.69, 9.17) is 0 Å². The molecule has 0 aromatic heterocycles. The number of rotatable bonds is 17. The normalized spacial score (nSPS) is 21.5. The van der Waals surface area contributed by atoms with Gasteiger partial charge in [-0.05, 0) is 68.3 Å². The van der Waals surface area contributed by atoms with E-state index in [2.05, 4.69) is 41.4 Å². The van der Waals surface area contributed by atoms with Crippen molar-refractivity contribution < 1.29 is 47.8 Å². The Morgan fingerprint density at radius 2 is 1.39 bits per heavy atom.